The maximum absolute atomic E-state index is 11.6. The van der Waals surface area contributed by atoms with Crippen LogP contribution in [0.15, 0.2) is 24.3 Å². The molecule has 0 aliphatic carbocycles. The molecule has 0 bridgehead atoms. The summed E-state index contributed by atoms with van der Waals surface area (Å²) in [6, 6.07) is 7.58. The Bertz CT molecular complexity index is 480. The molecule has 1 aliphatic rings. The quantitative estimate of drug-likeness (QED) is 0.790. The van der Waals surface area contributed by atoms with Crippen molar-refractivity contribution >= 4 is 11.8 Å². The van der Waals surface area contributed by atoms with Gasteiger partial charge in [-0.25, -0.2) is 4.79 Å². The van der Waals surface area contributed by atoms with E-state index in [2.05, 4.69) is 0 Å². The fourth-order valence-electron chi connectivity index (χ4n) is 2.12. The van der Waals surface area contributed by atoms with Crippen LogP contribution in [0.2, 0.25) is 0 Å². The Kier molecular flexibility index (Phi) is 2.75. The Morgan fingerprint density at radius 1 is 1.53 bits per heavy atom. The zero-order valence-corrected chi connectivity index (χ0v) is 9.77. The largest absolute Gasteiger partial charge is 0.479 e. The van der Waals surface area contributed by atoms with Crippen LogP contribution in [0.1, 0.15) is 24.5 Å². The second-order valence-electron chi connectivity index (χ2n) is 4.58. The van der Waals surface area contributed by atoms with Crippen molar-refractivity contribution in [2.45, 2.75) is 32.0 Å². The third-order valence-corrected chi connectivity index (χ3v) is 3.03. The van der Waals surface area contributed by atoms with E-state index in [1.807, 2.05) is 31.2 Å². The van der Waals surface area contributed by atoms with Crippen LogP contribution >= 0.6 is 0 Å². The summed E-state index contributed by atoms with van der Waals surface area (Å²) in [5.74, 6) is -1.59. The highest BCUT2D eigenvalue weighted by atomic mass is 16.5. The molecule has 0 saturated carbocycles. The van der Waals surface area contributed by atoms with Crippen LogP contribution in [0.3, 0.4) is 0 Å². The summed E-state index contributed by atoms with van der Waals surface area (Å²) in [4.78, 5) is 22.4. The molecule has 1 aromatic carbocycles. The van der Waals surface area contributed by atoms with E-state index >= 15 is 0 Å². The van der Waals surface area contributed by atoms with Gasteiger partial charge < -0.3 is 9.84 Å². The van der Waals surface area contributed by atoms with E-state index in [0.717, 1.165) is 11.1 Å². The first-order valence-corrected chi connectivity index (χ1v) is 5.43. The monoisotopic (exact) mass is 234 g/mol. The minimum Gasteiger partial charge on any atom is -0.479 e. The molecule has 17 heavy (non-hydrogen) atoms. The van der Waals surface area contributed by atoms with Crippen LogP contribution in [-0.4, -0.2) is 23.0 Å². The molecule has 0 radical (unpaired) electrons. The predicted molar refractivity (Wildman–Crippen MR) is 60.7 cm³/mol. The highest BCUT2D eigenvalue weighted by Crippen LogP contribution is 2.37. The zero-order chi connectivity index (χ0) is 12.6. The molecule has 2 rings (SSSR count). The lowest BCUT2D eigenvalue weighted by Gasteiger charge is -2.23. The van der Waals surface area contributed by atoms with Gasteiger partial charge in [0.1, 0.15) is 0 Å². The number of carboxylic acid groups (broad SMARTS) is 1. The number of carbonyl (C=O) groups excluding carboxylic acids is 1. The van der Waals surface area contributed by atoms with Gasteiger partial charge in [0.05, 0.1) is 5.60 Å². The van der Waals surface area contributed by atoms with Crippen LogP contribution in [-0.2, 0) is 19.9 Å². The van der Waals surface area contributed by atoms with Gasteiger partial charge in [-0.15, -0.1) is 0 Å². The SMILES string of the molecule is Cc1cccc(C2(C)CC(=O)C(C(=O)O)O2)c1. The molecule has 0 spiro atoms. The van der Waals surface area contributed by atoms with Crippen LogP contribution < -0.4 is 0 Å². The summed E-state index contributed by atoms with van der Waals surface area (Å²) >= 11 is 0. The van der Waals surface area contributed by atoms with Crippen molar-refractivity contribution in [2.24, 2.45) is 0 Å². The number of aliphatic carboxylic acids is 1. The lowest BCUT2D eigenvalue weighted by atomic mass is 9.91. The van der Waals surface area contributed by atoms with Gasteiger partial charge in [-0.3, -0.25) is 4.79 Å². The van der Waals surface area contributed by atoms with E-state index < -0.39 is 17.7 Å². The van der Waals surface area contributed by atoms with Crippen LogP contribution in [0.5, 0.6) is 0 Å². The highest BCUT2D eigenvalue weighted by Gasteiger charge is 2.47. The van der Waals surface area contributed by atoms with Gasteiger partial charge in [-0.1, -0.05) is 29.8 Å². The summed E-state index contributed by atoms with van der Waals surface area (Å²) < 4.78 is 5.41. The van der Waals surface area contributed by atoms with Crippen molar-refractivity contribution in [1.29, 1.82) is 0 Å². The summed E-state index contributed by atoms with van der Waals surface area (Å²) in [7, 11) is 0. The molecular formula is C13H14O4. The molecule has 1 N–H and O–H groups in total. The lowest BCUT2D eigenvalue weighted by molar-refractivity contribution is -0.156. The Labute approximate surface area is 99.2 Å². The number of Topliss-reactive ketones (excluding diaryl/α,β-unsaturated/α-hetero) is 1. The molecule has 4 nitrogen and oxygen atoms in total. The number of aryl methyl sites for hydroxylation is 1. The van der Waals surface area contributed by atoms with E-state index in [1.165, 1.54) is 0 Å². The van der Waals surface area contributed by atoms with Crippen molar-refractivity contribution in [2.75, 3.05) is 0 Å². The van der Waals surface area contributed by atoms with Crippen molar-refractivity contribution in [3.05, 3.63) is 35.4 Å². The van der Waals surface area contributed by atoms with Gasteiger partial charge in [-0.05, 0) is 19.4 Å². The zero-order valence-electron chi connectivity index (χ0n) is 9.77. The maximum atomic E-state index is 11.6. The third-order valence-electron chi connectivity index (χ3n) is 3.03. The van der Waals surface area contributed by atoms with Crippen molar-refractivity contribution in [3.63, 3.8) is 0 Å². The second kappa shape index (κ2) is 3.96. The fraction of sp³-hybridized carbons (Fsp3) is 0.385. The smallest absolute Gasteiger partial charge is 0.340 e. The lowest BCUT2D eigenvalue weighted by Crippen LogP contribution is -2.28. The minimum atomic E-state index is -1.33. The highest BCUT2D eigenvalue weighted by molar-refractivity contribution is 6.03. The average Bonchev–Trinajstić information content (AvgIpc) is 2.56. The van der Waals surface area contributed by atoms with Gasteiger partial charge >= 0.3 is 5.97 Å². The topological polar surface area (TPSA) is 63.6 Å². The minimum absolute atomic E-state index is 0.105. The predicted octanol–water partition coefficient (Wildman–Crippen LogP) is 1.65. The number of benzene rings is 1. The molecule has 1 heterocycles. The van der Waals surface area contributed by atoms with Crippen molar-refractivity contribution < 1.29 is 19.4 Å². The second-order valence-corrected chi connectivity index (χ2v) is 4.58. The van der Waals surface area contributed by atoms with E-state index in [9.17, 15) is 9.59 Å². The van der Waals surface area contributed by atoms with Gasteiger partial charge in [0.2, 0.25) is 6.10 Å². The molecule has 0 amide bonds. The average molecular weight is 234 g/mol. The van der Waals surface area contributed by atoms with E-state index in [1.54, 1.807) is 6.92 Å². The van der Waals surface area contributed by atoms with Crippen molar-refractivity contribution in [3.8, 4) is 0 Å². The number of ketones is 1. The fourth-order valence-corrected chi connectivity index (χ4v) is 2.12. The summed E-state index contributed by atoms with van der Waals surface area (Å²) in [5, 5.41) is 8.87. The first kappa shape index (κ1) is 11.8. The van der Waals surface area contributed by atoms with Gasteiger partial charge in [0.25, 0.3) is 0 Å². The Balaban J connectivity index is 2.33. The molecule has 90 valence electrons. The maximum Gasteiger partial charge on any atom is 0.340 e. The number of rotatable bonds is 2. The molecule has 2 unspecified atom stereocenters. The number of hydrogen-bond donors (Lipinski definition) is 1. The standard InChI is InChI=1S/C13H14O4/c1-8-4-3-5-9(6-8)13(2)7-10(14)11(17-13)12(15)16/h3-6,11H,7H2,1-2H3,(H,15,16). The van der Waals surface area contributed by atoms with E-state index in [0.29, 0.717) is 0 Å². The van der Waals surface area contributed by atoms with Gasteiger partial charge in [-0.2, -0.15) is 0 Å². The normalized spacial score (nSPS) is 28.4. The molecule has 2 atom stereocenters. The summed E-state index contributed by atoms with van der Waals surface area (Å²) in [5.41, 5.74) is 1.07. The Morgan fingerprint density at radius 3 is 2.76 bits per heavy atom. The van der Waals surface area contributed by atoms with Gasteiger partial charge in [0, 0.05) is 6.42 Å². The third kappa shape index (κ3) is 2.08. The first-order valence-electron chi connectivity index (χ1n) is 5.43. The van der Waals surface area contributed by atoms with Crippen molar-refractivity contribution in [1.82, 2.24) is 0 Å². The molecule has 0 aromatic heterocycles. The molecule has 1 aromatic rings. The van der Waals surface area contributed by atoms with Crippen LogP contribution in [0, 0.1) is 6.92 Å². The number of carbonyl (C=O) groups is 2. The van der Waals surface area contributed by atoms with Crippen LogP contribution in [0.25, 0.3) is 0 Å². The van der Waals surface area contributed by atoms with E-state index in [4.69, 9.17) is 9.84 Å². The molecule has 4 heteroatoms. The number of ether oxygens (including phenoxy) is 1. The Hall–Kier alpha value is -1.68. The van der Waals surface area contributed by atoms with E-state index in [-0.39, 0.29) is 12.2 Å². The molecule has 1 saturated heterocycles. The van der Waals surface area contributed by atoms with Crippen LogP contribution in [0.4, 0.5) is 0 Å². The summed E-state index contributed by atoms with van der Waals surface area (Å²) in [6.45, 7) is 3.70. The molecule has 1 aliphatic heterocycles. The number of hydrogen-bond acceptors (Lipinski definition) is 3. The first-order chi connectivity index (χ1) is 7.92. The molecule has 1 fully saturated rings. The molecular weight excluding hydrogens is 220 g/mol. The Morgan fingerprint density at radius 2 is 2.24 bits per heavy atom. The number of carboxylic acids is 1. The van der Waals surface area contributed by atoms with Gasteiger partial charge in [0.15, 0.2) is 5.78 Å². The summed E-state index contributed by atoms with van der Waals surface area (Å²) in [6.07, 6.45) is -1.23.